The van der Waals surface area contributed by atoms with Gasteiger partial charge in [-0.15, -0.1) is 0 Å². The first kappa shape index (κ1) is 17.8. The molecule has 7 heteroatoms. The number of benzene rings is 1. The topological polar surface area (TPSA) is 75.9 Å². The highest BCUT2D eigenvalue weighted by Gasteiger charge is 2.19. The fourth-order valence-corrected chi connectivity index (χ4v) is 2.69. The highest BCUT2D eigenvalue weighted by atomic mass is 16.2. The maximum Gasteiger partial charge on any atom is 0.322 e. The molecule has 7 nitrogen and oxygen atoms in total. The Bertz CT molecular complexity index is 946. The third-order valence-corrected chi connectivity index (χ3v) is 4.44. The first-order valence-electron chi connectivity index (χ1n) is 8.64. The molecule has 3 rings (SSSR count). The first-order chi connectivity index (χ1) is 12.3. The number of fused-ring (bicyclic) bond motifs is 1. The number of carbonyl (C=O) groups excluding carboxylic acids is 1. The van der Waals surface area contributed by atoms with E-state index in [1.165, 1.54) is 0 Å². The number of hydrogen-bond acceptors (Lipinski definition) is 4. The molecule has 0 aliphatic heterocycles. The number of aryl methyl sites for hydroxylation is 3. The SMILES string of the molecule is Cc1nc2ccc(NC(=O)N(Cc3nccn3C)C(C)C)cc2nc1C. The number of urea groups is 1. The molecule has 0 aliphatic carbocycles. The van der Waals surface area contributed by atoms with Crippen LogP contribution in [0.25, 0.3) is 11.0 Å². The molecular weight excluding hydrogens is 328 g/mol. The van der Waals surface area contributed by atoms with E-state index in [0.717, 1.165) is 28.2 Å². The number of imidazole rings is 1. The van der Waals surface area contributed by atoms with E-state index >= 15 is 0 Å². The lowest BCUT2D eigenvalue weighted by Crippen LogP contribution is -2.40. The molecular formula is C19H24N6O. The lowest BCUT2D eigenvalue weighted by atomic mass is 10.2. The second-order valence-electron chi connectivity index (χ2n) is 6.70. The summed E-state index contributed by atoms with van der Waals surface area (Å²) in [5.41, 5.74) is 4.09. The van der Waals surface area contributed by atoms with Crippen LogP contribution in [0, 0.1) is 13.8 Å². The van der Waals surface area contributed by atoms with Crippen molar-refractivity contribution in [1.29, 1.82) is 0 Å². The van der Waals surface area contributed by atoms with Gasteiger partial charge >= 0.3 is 6.03 Å². The van der Waals surface area contributed by atoms with Gasteiger partial charge in [0.2, 0.25) is 0 Å². The summed E-state index contributed by atoms with van der Waals surface area (Å²) in [6, 6.07) is 5.45. The van der Waals surface area contributed by atoms with Gasteiger partial charge in [0.25, 0.3) is 0 Å². The minimum Gasteiger partial charge on any atom is -0.337 e. The Morgan fingerprint density at radius 1 is 1.19 bits per heavy atom. The lowest BCUT2D eigenvalue weighted by Gasteiger charge is -2.26. The molecule has 2 heterocycles. The van der Waals surface area contributed by atoms with Gasteiger partial charge in [-0.2, -0.15) is 0 Å². The van der Waals surface area contributed by atoms with E-state index in [-0.39, 0.29) is 12.1 Å². The Hall–Kier alpha value is -2.96. The highest BCUT2D eigenvalue weighted by molar-refractivity contribution is 5.92. The smallest absolute Gasteiger partial charge is 0.322 e. The van der Waals surface area contributed by atoms with E-state index in [4.69, 9.17) is 0 Å². The van der Waals surface area contributed by atoms with Crippen molar-refractivity contribution in [3.8, 4) is 0 Å². The molecule has 0 bridgehead atoms. The van der Waals surface area contributed by atoms with E-state index < -0.39 is 0 Å². The van der Waals surface area contributed by atoms with Crippen molar-refractivity contribution < 1.29 is 4.79 Å². The third-order valence-electron chi connectivity index (χ3n) is 4.44. The van der Waals surface area contributed by atoms with Crippen LogP contribution in [0.3, 0.4) is 0 Å². The molecule has 136 valence electrons. The Morgan fingerprint density at radius 2 is 1.88 bits per heavy atom. The van der Waals surface area contributed by atoms with Gasteiger partial charge in [-0.3, -0.25) is 0 Å². The molecule has 0 saturated carbocycles. The summed E-state index contributed by atoms with van der Waals surface area (Å²) in [4.78, 5) is 27.9. The largest absolute Gasteiger partial charge is 0.337 e. The second kappa shape index (κ2) is 7.11. The standard InChI is InChI=1S/C19H24N6O/c1-12(2)25(11-18-20-8-9-24(18)5)19(26)23-15-6-7-16-17(10-15)22-14(4)13(3)21-16/h6-10,12H,11H2,1-5H3,(H,23,26). The van der Waals surface area contributed by atoms with Gasteiger partial charge in [-0.25, -0.2) is 19.7 Å². The van der Waals surface area contributed by atoms with Crippen LogP contribution in [-0.4, -0.2) is 36.5 Å². The molecule has 1 N–H and O–H groups in total. The van der Waals surface area contributed by atoms with Gasteiger partial charge in [0.15, 0.2) is 0 Å². The van der Waals surface area contributed by atoms with Crippen LogP contribution in [-0.2, 0) is 13.6 Å². The normalized spacial score (nSPS) is 11.2. The summed E-state index contributed by atoms with van der Waals surface area (Å²) in [7, 11) is 1.92. The Kier molecular flexibility index (Phi) is 4.88. The van der Waals surface area contributed by atoms with Gasteiger partial charge in [0.1, 0.15) is 5.82 Å². The van der Waals surface area contributed by atoms with Crippen molar-refractivity contribution >= 4 is 22.8 Å². The minimum atomic E-state index is -0.167. The fourth-order valence-electron chi connectivity index (χ4n) is 2.69. The first-order valence-corrected chi connectivity index (χ1v) is 8.64. The zero-order chi connectivity index (χ0) is 18.8. The third kappa shape index (κ3) is 3.66. The predicted octanol–water partition coefficient (Wildman–Crippen LogP) is 3.42. The van der Waals surface area contributed by atoms with Gasteiger partial charge in [0.05, 0.1) is 29.0 Å². The zero-order valence-electron chi connectivity index (χ0n) is 15.8. The van der Waals surface area contributed by atoms with Gasteiger partial charge in [0, 0.05) is 31.2 Å². The molecule has 1 aromatic carbocycles. The van der Waals surface area contributed by atoms with Gasteiger partial charge < -0.3 is 14.8 Å². The monoisotopic (exact) mass is 352 g/mol. The molecule has 26 heavy (non-hydrogen) atoms. The quantitative estimate of drug-likeness (QED) is 0.780. The van der Waals surface area contributed by atoms with Crippen LogP contribution in [0.15, 0.2) is 30.6 Å². The van der Waals surface area contributed by atoms with Crippen LogP contribution >= 0.6 is 0 Å². The molecule has 0 fully saturated rings. The summed E-state index contributed by atoms with van der Waals surface area (Å²) in [5, 5.41) is 2.96. The van der Waals surface area contributed by atoms with Crippen molar-refractivity contribution in [2.45, 2.75) is 40.3 Å². The zero-order valence-corrected chi connectivity index (χ0v) is 15.8. The van der Waals surface area contributed by atoms with Crippen LogP contribution < -0.4 is 5.32 Å². The summed E-state index contributed by atoms with van der Waals surface area (Å²) >= 11 is 0. The number of amides is 2. The predicted molar refractivity (Wildman–Crippen MR) is 102 cm³/mol. The molecule has 0 radical (unpaired) electrons. The number of aromatic nitrogens is 4. The number of carbonyl (C=O) groups is 1. The molecule has 0 atom stereocenters. The van der Waals surface area contributed by atoms with Crippen molar-refractivity contribution in [3.05, 3.63) is 47.8 Å². The summed E-state index contributed by atoms with van der Waals surface area (Å²) in [5.74, 6) is 0.837. The number of rotatable bonds is 4. The molecule has 0 aliphatic rings. The fraction of sp³-hybridized carbons (Fsp3) is 0.368. The van der Waals surface area contributed by atoms with Crippen LogP contribution in [0.2, 0.25) is 0 Å². The van der Waals surface area contributed by atoms with Crippen molar-refractivity contribution in [3.63, 3.8) is 0 Å². The molecule has 2 aromatic heterocycles. The maximum atomic E-state index is 12.8. The van der Waals surface area contributed by atoms with Crippen molar-refractivity contribution in [1.82, 2.24) is 24.4 Å². The Labute approximate surface area is 153 Å². The van der Waals surface area contributed by atoms with E-state index in [1.54, 1.807) is 11.1 Å². The molecule has 0 saturated heterocycles. The number of nitrogens with one attached hydrogen (secondary N) is 1. The minimum absolute atomic E-state index is 0.0387. The van der Waals surface area contributed by atoms with E-state index in [9.17, 15) is 4.79 Å². The average molecular weight is 352 g/mol. The molecule has 3 aromatic rings. The van der Waals surface area contributed by atoms with Gasteiger partial charge in [-0.1, -0.05) is 0 Å². The Morgan fingerprint density at radius 3 is 2.50 bits per heavy atom. The van der Waals surface area contributed by atoms with E-state index in [0.29, 0.717) is 12.2 Å². The second-order valence-corrected chi connectivity index (χ2v) is 6.70. The number of anilines is 1. The number of hydrogen-bond donors (Lipinski definition) is 1. The Balaban J connectivity index is 1.81. The maximum absolute atomic E-state index is 12.8. The number of nitrogens with zero attached hydrogens (tertiary/aromatic N) is 5. The molecule has 0 unspecified atom stereocenters. The van der Waals surface area contributed by atoms with Crippen molar-refractivity contribution in [2.75, 3.05) is 5.32 Å². The van der Waals surface area contributed by atoms with Crippen LogP contribution in [0.4, 0.5) is 10.5 Å². The van der Waals surface area contributed by atoms with Crippen LogP contribution in [0.5, 0.6) is 0 Å². The molecule has 0 spiro atoms. The summed E-state index contributed by atoms with van der Waals surface area (Å²) in [6.45, 7) is 8.29. The van der Waals surface area contributed by atoms with Crippen molar-refractivity contribution in [2.24, 2.45) is 7.05 Å². The molecule has 2 amide bonds. The van der Waals surface area contributed by atoms with Gasteiger partial charge in [-0.05, 0) is 45.9 Å². The highest BCUT2D eigenvalue weighted by Crippen LogP contribution is 2.19. The lowest BCUT2D eigenvalue weighted by molar-refractivity contribution is 0.191. The van der Waals surface area contributed by atoms with E-state index in [1.807, 2.05) is 63.7 Å². The average Bonchev–Trinajstić information content (AvgIpc) is 2.98. The summed E-state index contributed by atoms with van der Waals surface area (Å²) < 4.78 is 1.92. The van der Waals surface area contributed by atoms with Crippen LogP contribution in [0.1, 0.15) is 31.1 Å². The van der Waals surface area contributed by atoms with E-state index in [2.05, 4.69) is 20.3 Å². The summed E-state index contributed by atoms with van der Waals surface area (Å²) in [6.07, 6.45) is 3.61.